The fourth-order valence-corrected chi connectivity index (χ4v) is 1.74. The maximum Gasteiger partial charge on any atom is 0.119 e. The van der Waals surface area contributed by atoms with Crippen LogP contribution in [0.1, 0.15) is 6.92 Å². The SMILES string of the molecule is CCOc1ccc(N)cc1.NCCN1CCOCC1. The van der Waals surface area contributed by atoms with Crippen molar-refractivity contribution in [2.24, 2.45) is 5.73 Å². The third kappa shape index (κ3) is 7.00. The first-order valence-corrected chi connectivity index (χ1v) is 6.74. The predicted molar refractivity (Wildman–Crippen MR) is 78.3 cm³/mol. The molecule has 1 aromatic rings. The maximum absolute atomic E-state index is 5.47. The summed E-state index contributed by atoms with van der Waals surface area (Å²) >= 11 is 0. The van der Waals surface area contributed by atoms with E-state index in [0.29, 0.717) is 6.61 Å². The molecule has 0 spiro atoms. The van der Waals surface area contributed by atoms with E-state index in [-0.39, 0.29) is 0 Å². The number of ether oxygens (including phenoxy) is 2. The Morgan fingerprint density at radius 1 is 1.21 bits per heavy atom. The number of nitrogen functional groups attached to an aromatic ring is 1. The first-order chi connectivity index (χ1) is 9.26. The van der Waals surface area contributed by atoms with Crippen LogP contribution in [-0.4, -0.2) is 50.9 Å². The number of nitrogens with zero attached hydrogens (tertiary/aromatic N) is 1. The van der Waals surface area contributed by atoms with Gasteiger partial charge in [-0.2, -0.15) is 0 Å². The molecule has 0 bridgehead atoms. The fraction of sp³-hybridized carbons (Fsp3) is 0.571. The molecule has 108 valence electrons. The topological polar surface area (TPSA) is 73.7 Å². The summed E-state index contributed by atoms with van der Waals surface area (Å²) in [5, 5.41) is 0. The number of hydrogen-bond donors (Lipinski definition) is 2. The highest BCUT2D eigenvalue weighted by Crippen LogP contribution is 2.12. The van der Waals surface area contributed by atoms with Crippen LogP contribution in [0, 0.1) is 0 Å². The minimum atomic E-state index is 0.698. The van der Waals surface area contributed by atoms with Crippen molar-refractivity contribution in [3.63, 3.8) is 0 Å². The maximum atomic E-state index is 5.47. The van der Waals surface area contributed by atoms with Gasteiger partial charge < -0.3 is 20.9 Å². The molecule has 4 N–H and O–H groups in total. The second-order valence-electron chi connectivity index (χ2n) is 4.24. The van der Waals surface area contributed by atoms with E-state index >= 15 is 0 Å². The molecule has 1 aliphatic rings. The Morgan fingerprint density at radius 3 is 2.37 bits per heavy atom. The molecule has 1 heterocycles. The van der Waals surface area contributed by atoms with E-state index in [9.17, 15) is 0 Å². The quantitative estimate of drug-likeness (QED) is 0.794. The number of nitrogens with two attached hydrogens (primary N) is 2. The van der Waals surface area contributed by atoms with Crippen LogP contribution in [0.15, 0.2) is 24.3 Å². The highest BCUT2D eigenvalue weighted by Gasteiger charge is 2.07. The summed E-state index contributed by atoms with van der Waals surface area (Å²) in [5.74, 6) is 0.872. The first kappa shape index (κ1) is 15.8. The van der Waals surface area contributed by atoms with Crippen molar-refractivity contribution >= 4 is 5.69 Å². The van der Waals surface area contributed by atoms with Gasteiger partial charge in [-0.3, -0.25) is 4.90 Å². The average Bonchev–Trinajstić information content (AvgIpc) is 2.44. The minimum absolute atomic E-state index is 0.698. The number of rotatable bonds is 4. The van der Waals surface area contributed by atoms with Gasteiger partial charge in [-0.25, -0.2) is 0 Å². The van der Waals surface area contributed by atoms with E-state index < -0.39 is 0 Å². The highest BCUT2D eigenvalue weighted by atomic mass is 16.5. The number of anilines is 1. The Hall–Kier alpha value is -1.30. The summed E-state index contributed by atoms with van der Waals surface area (Å²) in [7, 11) is 0. The van der Waals surface area contributed by atoms with E-state index in [1.165, 1.54) is 0 Å². The van der Waals surface area contributed by atoms with Crippen LogP contribution < -0.4 is 16.2 Å². The van der Waals surface area contributed by atoms with E-state index in [1.54, 1.807) is 0 Å². The Balaban J connectivity index is 0.000000191. The lowest BCUT2D eigenvalue weighted by Crippen LogP contribution is -2.39. The number of morpholine rings is 1. The Labute approximate surface area is 115 Å². The zero-order valence-electron chi connectivity index (χ0n) is 11.7. The molecular weight excluding hydrogens is 242 g/mol. The lowest BCUT2D eigenvalue weighted by Gasteiger charge is -2.25. The molecule has 0 atom stereocenters. The van der Waals surface area contributed by atoms with Gasteiger partial charge in [0.2, 0.25) is 0 Å². The summed E-state index contributed by atoms with van der Waals surface area (Å²) < 4.78 is 10.4. The van der Waals surface area contributed by atoms with Gasteiger partial charge in [0.1, 0.15) is 5.75 Å². The zero-order valence-corrected chi connectivity index (χ0v) is 11.7. The highest BCUT2D eigenvalue weighted by molar-refractivity contribution is 5.41. The van der Waals surface area contributed by atoms with Crippen molar-refractivity contribution in [1.29, 1.82) is 0 Å². The van der Waals surface area contributed by atoms with Gasteiger partial charge in [0.15, 0.2) is 0 Å². The second kappa shape index (κ2) is 9.61. The molecule has 1 aliphatic heterocycles. The lowest BCUT2D eigenvalue weighted by atomic mass is 10.3. The molecule has 0 aromatic heterocycles. The van der Waals surface area contributed by atoms with Gasteiger partial charge in [0.25, 0.3) is 0 Å². The first-order valence-electron chi connectivity index (χ1n) is 6.74. The molecule has 5 heteroatoms. The van der Waals surface area contributed by atoms with Crippen LogP contribution in [0.2, 0.25) is 0 Å². The summed E-state index contributed by atoms with van der Waals surface area (Å²) in [6, 6.07) is 7.37. The van der Waals surface area contributed by atoms with Crippen LogP contribution in [0.25, 0.3) is 0 Å². The van der Waals surface area contributed by atoms with Crippen molar-refractivity contribution in [1.82, 2.24) is 4.90 Å². The van der Waals surface area contributed by atoms with Gasteiger partial charge in [-0.15, -0.1) is 0 Å². The largest absolute Gasteiger partial charge is 0.494 e. The molecule has 1 aromatic carbocycles. The zero-order chi connectivity index (χ0) is 13.9. The number of benzene rings is 1. The van der Waals surface area contributed by atoms with Crippen molar-refractivity contribution in [3.8, 4) is 5.75 Å². The number of hydrogen-bond acceptors (Lipinski definition) is 5. The summed E-state index contributed by atoms with van der Waals surface area (Å²) in [6.07, 6.45) is 0. The van der Waals surface area contributed by atoms with Crippen LogP contribution in [0.3, 0.4) is 0 Å². The monoisotopic (exact) mass is 267 g/mol. The minimum Gasteiger partial charge on any atom is -0.494 e. The van der Waals surface area contributed by atoms with Gasteiger partial charge in [-0.05, 0) is 31.2 Å². The third-order valence-corrected chi connectivity index (χ3v) is 2.74. The summed E-state index contributed by atoms with van der Waals surface area (Å²) in [6.45, 7) is 8.29. The molecule has 0 amide bonds. The van der Waals surface area contributed by atoms with Crippen molar-refractivity contribution < 1.29 is 9.47 Å². The predicted octanol–water partition coefficient (Wildman–Crippen LogP) is 0.945. The van der Waals surface area contributed by atoms with Gasteiger partial charge in [-0.1, -0.05) is 0 Å². The van der Waals surface area contributed by atoms with Crippen molar-refractivity contribution in [2.45, 2.75) is 6.92 Å². The normalized spacial score (nSPS) is 15.5. The second-order valence-corrected chi connectivity index (χ2v) is 4.24. The molecular formula is C14H25N3O2. The van der Waals surface area contributed by atoms with E-state index in [1.807, 2.05) is 31.2 Å². The van der Waals surface area contributed by atoms with Crippen LogP contribution in [0.5, 0.6) is 5.75 Å². The standard InChI is InChI=1S/C8H11NO.C6H14N2O/c1-2-10-8-5-3-7(9)4-6-8;7-1-2-8-3-5-9-6-4-8/h3-6H,2,9H2,1H3;1-7H2. The fourth-order valence-electron chi connectivity index (χ4n) is 1.74. The Bertz CT molecular complexity index is 321. The van der Waals surface area contributed by atoms with Crippen molar-refractivity contribution in [3.05, 3.63) is 24.3 Å². The van der Waals surface area contributed by atoms with E-state index in [4.69, 9.17) is 20.9 Å². The van der Waals surface area contributed by atoms with Gasteiger partial charge in [0.05, 0.1) is 19.8 Å². The molecule has 0 saturated carbocycles. The smallest absolute Gasteiger partial charge is 0.119 e. The molecule has 0 aliphatic carbocycles. The Kier molecular flexibility index (Phi) is 7.97. The lowest BCUT2D eigenvalue weighted by molar-refractivity contribution is 0.0394. The summed E-state index contributed by atoms with van der Waals surface area (Å²) in [5.41, 5.74) is 11.6. The summed E-state index contributed by atoms with van der Waals surface area (Å²) in [4.78, 5) is 2.32. The molecule has 1 saturated heterocycles. The molecule has 5 nitrogen and oxygen atoms in total. The average molecular weight is 267 g/mol. The van der Waals surface area contributed by atoms with Gasteiger partial charge >= 0.3 is 0 Å². The van der Waals surface area contributed by atoms with Gasteiger partial charge in [0, 0.05) is 31.9 Å². The van der Waals surface area contributed by atoms with Crippen LogP contribution in [-0.2, 0) is 4.74 Å². The molecule has 0 radical (unpaired) electrons. The van der Waals surface area contributed by atoms with E-state index in [0.717, 1.165) is 50.8 Å². The van der Waals surface area contributed by atoms with Crippen molar-refractivity contribution in [2.75, 3.05) is 51.7 Å². The molecule has 0 unspecified atom stereocenters. The van der Waals surface area contributed by atoms with E-state index in [2.05, 4.69) is 4.90 Å². The Morgan fingerprint density at radius 2 is 1.84 bits per heavy atom. The molecule has 2 rings (SSSR count). The van der Waals surface area contributed by atoms with Crippen LogP contribution >= 0.6 is 0 Å². The van der Waals surface area contributed by atoms with Crippen LogP contribution in [0.4, 0.5) is 5.69 Å². The third-order valence-electron chi connectivity index (χ3n) is 2.74. The molecule has 1 fully saturated rings. The molecule has 19 heavy (non-hydrogen) atoms.